The van der Waals surface area contributed by atoms with E-state index in [2.05, 4.69) is 54.1 Å². The van der Waals surface area contributed by atoms with Crippen LogP contribution in [0.2, 0.25) is 0 Å². The number of nitrogens with zero attached hydrogens (tertiary/aromatic N) is 1. The van der Waals surface area contributed by atoms with E-state index < -0.39 is 0 Å². The average Bonchev–Trinajstić information content (AvgIpc) is 2.67. The van der Waals surface area contributed by atoms with Gasteiger partial charge in [-0.3, -0.25) is 0 Å². The van der Waals surface area contributed by atoms with Crippen molar-refractivity contribution in [2.45, 2.75) is 12.8 Å². The SMILES string of the molecule is C#CCN1CC(C)c2c1ccc1ccccc21. The molecule has 0 bridgehead atoms. The summed E-state index contributed by atoms with van der Waals surface area (Å²) in [5.74, 6) is 3.30. The van der Waals surface area contributed by atoms with Gasteiger partial charge in [-0.1, -0.05) is 43.2 Å². The van der Waals surface area contributed by atoms with Crippen molar-refractivity contribution in [3.05, 3.63) is 42.0 Å². The maximum Gasteiger partial charge on any atom is 0.0792 e. The molecule has 1 nitrogen and oxygen atoms in total. The maximum atomic E-state index is 5.43. The van der Waals surface area contributed by atoms with Gasteiger partial charge in [0, 0.05) is 18.2 Å². The highest BCUT2D eigenvalue weighted by Gasteiger charge is 2.26. The molecule has 0 fully saturated rings. The van der Waals surface area contributed by atoms with E-state index in [4.69, 9.17) is 6.42 Å². The molecule has 1 heteroatoms. The third-order valence-electron chi connectivity index (χ3n) is 3.56. The van der Waals surface area contributed by atoms with Crippen molar-refractivity contribution >= 4 is 16.5 Å². The topological polar surface area (TPSA) is 3.24 Å². The monoisotopic (exact) mass is 221 g/mol. The Labute approximate surface area is 102 Å². The van der Waals surface area contributed by atoms with Gasteiger partial charge in [-0.15, -0.1) is 6.42 Å². The Morgan fingerprint density at radius 3 is 2.94 bits per heavy atom. The molecule has 1 aliphatic rings. The van der Waals surface area contributed by atoms with Crippen molar-refractivity contribution in [3.63, 3.8) is 0 Å². The third kappa shape index (κ3) is 1.49. The van der Waals surface area contributed by atoms with Gasteiger partial charge < -0.3 is 4.90 Å². The van der Waals surface area contributed by atoms with E-state index in [0.29, 0.717) is 12.5 Å². The molecule has 17 heavy (non-hydrogen) atoms. The highest BCUT2D eigenvalue weighted by molar-refractivity contribution is 5.92. The number of fused-ring (bicyclic) bond motifs is 3. The van der Waals surface area contributed by atoms with Gasteiger partial charge in [0.25, 0.3) is 0 Å². The van der Waals surface area contributed by atoms with E-state index in [9.17, 15) is 0 Å². The lowest BCUT2D eigenvalue weighted by Gasteiger charge is -2.16. The van der Waals surface area contributed by atoms with Gasteiger partial charge in [0.2, 0.25) is 0 Å². The molecule has 2 aromatic rings. The zero-order valence-electron chi connectivity index (χ0n) is 9.98. The molecule has 0 amide bonds. The Bertz CT molecular complexity index is 606. The highest BCUT2D eigenvalue weighted by Crippen LogP contribution is 2.40. The fraction of sp³-hybridized carbons (Fsp3) is 0.250. The van der Waals surface area contributed by atoms with Crippen LogP contribution in [0.5, 0.6) is 0 Å². The van der Waals surface area contributed by atoms with Gasteiger partial charge in [0.05, 0.1) is 6.54 Å². The molecule has 1 heterocycles. The number of rotatable bonds is 1. The zero-order chi connectivity index (χ0) is 11.8. The van der Waals surface area contributed by atoms with Gasteiger partial charge >= 0.3 is 0 Å². The Hall–Kier alpha value is -1.94. The average molecular weight is 221 g/mol. The van der Waals surface area contributed by atoms with Crippen molar-refractivity contribution in [1.82, 2.24) is 0 Å². The molecule has 0 radical (unpaired) electrons. The van der Waals surface area contributed by atoms with Gasteiger partial charge in [0.1, 0.15) is 0 Å². The predicted molar refractivity (Wildman–Crippen MR) is 73.4 cm³/mol. The number of terminal acetylenes is 1. The summed E-state index contributed by atoms with van der Waals surface area (Å²) < 4.78 is 0. The maximum absolute atomic E-state index is 5.43. The molecule has 3 rings (SSSR count). The number of hydrogen-bond acceptors (Lipinski definition) is 1. The van der Waals surface area contributed by atoms with Crippen LogP contribution in [0, 0.1) is 12.3 Å². The minimum atomic E-state index is 0.560. The minimum Gasteiger partial charge on any atom is -0.360 e. The standard InChI is InChI=1S/C16H15N/c1-3-10-17-11-12(2)16-14-7-5-4-6-13(14)8-9-15(16)17/h1,4-9,12H,10-11H2,2H3. The van der Waals surface area contributed by atoms with Gasteiger partial charge in [0.15, 0.2) is 0 Å². The first-order valence-corrected chi connectivity index (χ1v) is 6.01. The highest BCUT2D eigenvalue weighted by atomic mass is 15.1. The second-order valence-electron chi connectivity index (χ2n) is 4.71. The molecule has 0 spiro atoms. The fourth-order valence-electron chi connectivity index (χ4n) is 2.86. The molecule has 1 aliphatic heterocycles. The Morgan fingerprint density at radius 2 is 2.12 bits per heavy atom. The predicted octanol–water partition coefficient (Wildman–Crippen LogP) is 3.40. The first kappa shape index (κ1) is 10.2. The van der Waals surface area contributed by atoms with E-state index in [-0.39, 0.29) is 0 Å². The van der Waals surface area contributed by atoms with Crippen LogP contribution in [0.1, 0.15) is 18.4 Å². The lowest BCUT2D eigenvalue weighted by molar-refractivity contribution is 0.784. The summed E-state index contributed by atoms with van der Waals surface area (Å²) in [5, 5.41) is 2.69. The van der Waals surface area contributed by atoms with E-state index in [0.717, 1.165) is 6.54 Å². The molecule has 2 aromatic carbocycles. The summed E-state index contributed by atoms with van der Waals surface area (Å²) in [6.07, 6.45) is 5.43. The second-order valence-corrected chi connectivity index (χ2v) is 4.71. The molecule has 0 aromatic heterocycles. The largest absolute Gasteiger partial charge is 0.360 e. The number of hydrogen-bond donors (Lipinski definition) is 0. The smallest absolute Gasteiger partial charge is 0.0792 e. The summed E-state index contributed by atoms with van der Waals surface area (Å²) in [4.78, 5) is 2.30. The molecule has 1 unspecified atom stereocenters. The molecule has 84 valence electrons. The van der Waals surface area contributed by atoms with Crippen LogP contribution in [0.25, 0.3) is 10.8 Å². The Kier molecular flexibility index (Phi) is 2.30. The zero-order valence-corrected chi connectivity index (χ0v) is 9.98. The van der Waals surface area contributed by atoms with Crippen molar-refractivity contribution in [3.8, 4) is 12.3 Å². The van der Waals surface area contributed by atoms with Gasteiger partial charge in [-0.05, 0) is 22.4 Å². The van der Waals surface area contributed by atoms with Crippen LogP contribution in [-0.4, -0.2) is 13.1 Å². The number of benzene rings is 2. The van der Waals surface area contributed by atoms with Crippen molar-refractivity contribution in [1.29, 1.82) is 0 Å². The van der Waals surface area contributed by atoms with E-state index in [1.165, 1.54) is 22.0 Å². The minimum absolute atomic E-state index is 0.560. The van der Waals surface area contributed by atoms with Gasteiger partial charge in [-0.2, -0.15) is 0 Å². The van der Waals surface area contributed by atoms with Gasteiger partial charge in [-0.25, -0.2) is 0 Å². The second kappa shape index (κ2) is 3.82. The van der Waals surface area contributed by atoms with E-state index in [1.807, 2.05) is 0 Å². The van der Waals surface area contributed by atoms with Crippen LogP contribution < -0.4 is 4.90 Å². The lowest BCUT2D eigenvalue weighted by Crippen LogP contribution is -2.21. The third-order valence-corrected chi connectivity index (χ3v) is 3.56. The molecule has 0 aliphatic carbocycles. The molecule has 1 atom stereocenters. The normalized spacial score (nSPS) is 18.1. The van der Waals surface area contributed by atoms with Crippen LogP contribution in [0.15, 0.2) is 36.4 Å². The van der Waals surface area contributed by atoms with Crippen LogP contribution in [-0.2, 0) is 0 Å². The molecule has 0 saturated carbocycles. The molecule has 0 saturated heterocycles. The summed E-state index contributed by atoms with van der Waals surface area (Å²) in [5.41, 5.74) is 2.77. The summed E-state index contributed by atoms with van der Waals surface area (Å²) in [6.45, 7) is 4.02. The molecular weight excluding hydrogens is 206 g/mol. The summed E-state index contributed by atoms with van der Waals surface area (Å²) in [7, 11) is 0. The fourth-order valence-corrected chi connectivity index (χ4v) is 2.86. The molecular formula is C16H15N. The van der Waals surface area contributed by atoms with Crippen LogP contribution in [0.4, 0.5) is 5.69 Å². The van der Waals surface area contributed by atoms with Crippen molar-refractivity contribution in [2.24, 2.45) is 0 Å². The lowest BCUT2D eigenvalue weighted by atomic mass is 9.96. The summed E-state index contributed by atoms with van der Waals surface area (Å²) >= 11 is 0. The van der Waals surface area contributed by atoms with E-state index in [1.54, 1.807) is 0 Å². The van der Waals surface area contributed by atoms with Crippen molar-refractivity contribution < 1.29 is 0 Å². The van der Waals surface area contributed by atoms with Crippen LogP contribution >= 0.6 is 0 Å². The van der Waals surface area contributed by atoms with Crippen LogP contribution in [0.3, 0.4) is 0 Å². The Morgan fingerprint density at radius 1 is 1.29 bits per heavy atom. The first-order chi connectivity index (χ1) is 8.31. The first-order valence-electron chi connectivity index (χ1n) is 6.01. The molecule has 0 N–H and O–H groups in total. The quantitative estimate of drug-likeness (QED) is 0.667. The van der Waals surface area contributed by atoms with Crippen molar-refractivity contribution in [2.75, 3.05) is 18.0 Å². The number of anilines is 1. The summed E-state index contributed by atoms with van der Waals surface area (Å²) in [6, 6.07) is 13.0. The van der Waals surface area contributed by atoms with E-state index >= 15 is 0 Å². The Balaban J connectivity index is 2.24.